The number of ether oxygens (including phenoxy) is 1. The number of carbonyl (C=O) groups excluding carboxylic acids is 1. The van der Waals surface area contributed by atoms with E-state index in [1.165, 1.54) is 0 Å². The van der Waals surface area contributed by atoms with E-state index in [1.54, 1.807) is 0 Å². The molecule has 0 rings (SSSR count). The Morgan fingerprint density at radius 1 is 1.33 bits per heavy atom. The number of carbonyl (C=O) groups is 1. The third-order valence-electron chi connectivity index (χ3n) is 2.50. The fourth-order valence-corrected chi connectivity index (χ4v) is 1.52. The molecule has 0 fully saturated rings. The summed E-state index contributed by atoms with van der Waals surface area (Å²) < 4.78 is 5.22. The van der Waals surface area contributed by atoms with Crippen LogP contribution in [0.1, 0.15) is 47.0 Å². The van der Waals surface area contributed by atoms with Crippen LogP contribution in [0.4, 0.5) is 0 Å². The molecule has 0 saturated carbocycles. The zero-order valence-corrected chi connectivity index (χ0v) is 10.5. The monoisotopic (exact) mass is 215 g/mol. The van der Waals surface area contributed by atoms with E-state index in [4.69, 9.17) is 10.5 Å². The van der Waals surface area contributed by atoms with Crippen molar-refractivity contribution in [3.63, 3.8) is 0 Å². The lowest BCUT2D eigenvalue weighted by Crippen LogP contribution is -2.23. The van der Waals surface area contributed by atoms with Gasteiger partial charge < -0.3 is 10.5 Å². The van der Waals surface area contributed by atoms with Crippen molar-refractivity contribution < 1.29 is 9.53 Å². The van der Waals surface area contributed by atoms with E-state index >= 15 is 0 Å². The normalized spacial score (nSPS) is 15.1. The van der Waals surface area contributed by atoms with Crippen molar-refractivity contribution in [2.45, 2.75) is 53.1 Å². The van der Waals surface area contributed by atoms with Gasteiger partial charge in [-0.2, -0.15) is 0 Å². The second kappa shape index (κ2) is 7.69. The van der Waals surface area contributed by atoms with Crippen LogP contribution in [0.15, 0.2) is 0 Å². The first-order chi connectivity index (χ1) is 6.99. The van der Waals surface area contributed by atoms with Crippen molar-refractivity contribution in [2.75, 3.05) is 6.54 Å². The van der Waals surface area contributed by atoms with Crippen LogP contribution in [0.2, 0.25) is 0 Å². The number of hydrogen-bond acceptors (Lipinski definition) is 3. The second-order valence-corrected chi connectivity index (χ2v) is 4.64. The Morgan fingerprint density at radius 2 is 1.93 bits per heavy atom. The van der Waals surface area contributed by atoms with Gasteiger partial charge in [-0.1, -0.05) is 20.8 Å². The highest BCUT2D eigenvalue weighted by molar-refractivity contribution is 5.69. The third-order valence-corrected chi connectivity index (χ3v) is 2.50. The fraction of sp³-hybridized carbons (Fsp3) is 0.917. The standard InChI is InChI=1S/C12H25NO2/c1-5-10(4)15-12(14)7-11(8-13)6-9(2)3/h9-11H,5-8,13H2,1-4H3/t10-,11-/m0/s1. The molecule has 3 heteroatoms. The van der Waals surface area contributed by atoms with E-state index in [9.17, 15) is 4.79 Å². The summed E-state index contributed by atoms with van der Waals surface area (Å²) >= 11 is 0. The Bertz CT molecular complexity index is 180. The van der Waals surface area contributed by atoms with Crippen LogP contribution < -0.4 is 5.73 Å². The maximum Gasteiger partial charge on any atom is 0.306 e. The minimum Gasteiger partial charge on any atom is -0.463 e. The fourth-order valence-electron chi connectivity index (χ4n) is 1.52. The average Bonchev–Trinajstić information content (AvgIpc) is 2.15. The molecule has 0 radical (unpaired) electrons. The van der Waals surface area contributed by atoms with Gasteiger partial charge in [-0.05, 0) is 38.1 Å². The molecule has 0 spiro atoms. The van der Waals surface area contributed by atoms with Crippen LogP contribution in [0.5, 0.6) is 0 Å². The summed E-state index contributed by atoms with van der Waals surface area (Å²) in [7, 11) is 0. The predicted octanol–water partition coefficient (Wildman–Crippen LogP) is 2.34. The summed E-state index contributed by atoms with van der Waals surface area (Å²) in [6.45, 7) is 8.77. The van der Waals surface area contributed by atoms with Crippen molar-refractivity contribution in [3.8, 4) is 0 Å². The summed E-state index contributed by atoms with van der Waals surface area (Å²) in [5.41, 5.74) is 5.62. The molecule has 0 aliphatic carbocycles. The summed E-state index contributed by atoms with van der Waals surface area (Å²) in [6.07, 6.45) is 2.34. The van der Waals surface area contributed by atoms with Gasteiger partial charge in [0.15, 0.2) is 0 Å². The molecule has 90 valence electrons. The Hall–Kier alpha value is -0.570. The van der Waals surface area contributed by atoms with Crippen molar-refractivity contribution in [1.29, 1.82) is 0 Å². The maximum absolute atomic E-state index is 11.5. The van der Waals surface area contributed by atoms with Gasteiger partial charge in [0.2, 0.25) is 0 Å². The highest BCUT2D eigenvalue weighted by Gasteiger charge is 2.16. The Labute approximate surface area is 93.4 Å². The predicted molar refractivity (Wildman–Crippen MR) is 62.5 cm³/mol. The molecular formula is C12H25NO2. The lowest BCUT2D eigenvalue weighted by atomic mass is 9.94. The topological polar surface area (TPSA) is 52.3 Å². The summed E-state index contributed by atoms with van der Waals surface area (Å²) in [4.78, 5) is 11.5. The van der Waals surface area contributed by atoms with Gasteiger partial charge in [-0.15, -0.1) is 0 Å². The largest absolute Gasteiger partial charge is 0.463 e. The molecule has 0 aromatic rings. The van der Waals surface area contributed by atoms with Crippen molar-refractivity contribution in [1.82, 2.24) is 0 Å². The van der Waals surface area contributed by atoms with Gasteiger partial charge in [0.1, 0.15) is 0 Å². The van der Waals surface area contributed by atoms with Crippen LogP contribution in [0.3, 0.4) is 0 Å². The van der Waals surface area contributed by atoms with Gasteiger partial charge >= 0.3 is 5.97 Å². The van der Waals surface area contributed by atoms with E-state index in [1.807, 2.05) is 13.8 Å². The van der Waals surface area contributed by atoms with Crippen LogP contribution >= 0.6 is 0 Å². The molecule has 15 heavy (non-hydrogen) atoms. The van der Waals surface area contributed by atoms with E-state index in [0.717, 1.165) is 12.8 Å². The number of hydrogen-bond donors (Lipinski definition) is 1. The molecule has 0 aliphatic heterocycles. The maximum atomic E-state index is 11.5. The number of esters is 1. The molecule has 3 nitrogen and oxygen atoms in total. The quantitative estimate of drug-likeness (QED) is 0.663. The van der Waals surface area contributed by atoms with E-state index in [-0.39, 0.29) is 18.0 Å². The highest BCUT2D eigenvalue weighted by atomic mass is 16.5. The molecule has 2 N–H and O–H groups in total. The van der Waals surface area contributed by atoms with Crippen molar-refractivity contribution in [3.05, 3.63) is 0 Å². The van der Waals surface area contributed by atoms with Crippen LogP contribution in [0, 0.1) is 11.8 Å². The van der Waals surface area contributed by atoms with Crippen LogP contribution in [0.25, 0.3) is 0 Å². The molecule has 0 aromatic carbocycles. The Kier molecular flexibility index (Phi) is 7.39. The summed E-state index contributed by atoms with van der Waals surface area (Å²) in [6, 6.07) is 0. The molecule has 0 saturated heterocycles. The first-order valence-electron chi connectivity index (χ1n) is 5.89. The van der Waals surface area contributed by atoms with E-state index < -0.39 is 0 Å². The SMILES string of the molecule is CC[C@H](C)OC(=O)C[C@@H](CN)CC(C)C. The minimum atomic E-state index is -0.111. The number of rotatable bonds is 7. The van der Waals surface area contributed by atoms with E-state index in [2.05, 4.69) is 13.8 Å². The summed E-state index contributed by atoms with van der Waals surface area (Å²) in [5.74, 6) is 0.733. The molecule has 0 aromatic heterocycles. The minimum absolute atomic E-state index is 0.0231. The molecule has 2 atom stereocenters. The van der Waals surface area contributed by atoms with Gasteiger partial charge in [0, 0.05) is 6.42 Å². The molecular weight excluding hydrogens is 190 g/mol. The first-order valence-corrected chi connectivity index (χ1v) is 5.89. The van der Waals surface area contributed by atoms with Gasteiger partial charge in [0.25, 0.3) is 0 Å². The molecule has 0 bridgehead atoms. The smallest absolute Gasteiger partial charge is 0.306 e. The Morgan fingerprint density at radius 3 is 2.33 bits per heavy atom. The molecule has 0 heterocycles. The highest BCUT2D eigenvalue weighted by Crippen LogP contribution is 2.15. The van der Waals surface area contributed by atoms with Gasteiger partial charge in [0.05, 0.1) is 6.10 Å². The third kappa shape index (κ3) is 7.37. The zero-order valence-electron chi connectivity index (χ0n) is 10.5. The zero-order chi connectivity index (χ0) is 11.8. The van der Waals surface area contributed by atoms with Crippen molar-refractivity contribution >= 4 is 5.97 Å². The molecule has 0 amide bonds. The molecule has 0 aliphatic rings. The second-order valence-electron chi connectivity index (χ2n) is 4.64. The van der Waals surface area contributed by atoms with Gasteiger partial charge in [-0.25, -0.2) is 0 Å². The van der Waals surface area contributed by atoms with Crippen LogP contribution in [-0.2, 0) is 9.53 Å². The first kappa shape index (κ1) is 14.4. The summed E-state index contributed by atoms with van der Waals surface area (Å²) in [5, 5.41) is 0. The van der Waals surface area contributed by atoms with Crippen molar-refractivity contribution in [2.24, 2.45) is 17.6 Å². The number of nitrogens with two attached hydrogens (primary N) is 1. The van der Waals surface area contributed by atoms with E-state index in [0.29, 0.717) is 18.9 Å². The Balaban J connectivity index is 3.90. The van der Waals surface area contributed by atoms with Gasteiger partial charge in [-0.3, -0.25) is 4.79 Å². The average molecular weight is 215 g/mol. The molecule has 0 unspecified atom stereocenters. The lowest BCUT2D eigenvalue weighted by Gasteiger charge is -2.17. The van der Waals surface area contributed by atoms with Crippen LogP contribution in [-0.4, -0.2) is 18.6 Å². The lowest BCUT2D eigenvalue weighted by molar-refractivity contribution is -0.149.